The van der Waals surface area contributed by atoms with Crippen LogP contribution in [0.4, 0.5) is 5.69 Å². The zero-order valence-electron chi connectivity index (χ0n) is 14.4. The third-order valence-corrected chi connectivity index (χ3v) is 4.60. The number of carbonyl (C=O) groups is 1. The highest BCUT2D eigenvalue weighted by molar-refractivity contribution is 7.99. The van der Waals surface area contributed by atoms with Gasteiger partial charge in [0.25, 0.3) is 0 Å². The molecule has 1 aromatic heterocycles. The van der Waals surface area contributed by atoms with E-state index in [-0.39, 0.29) is 11.7 Å². The van der Waals surface area contributed by atoms with Crippen LogP contribution in [0, 0.1) is 6.92 Å². The van der Waals surface area contributed by atoms with Crippen LogP contribution >= 0.6 is 11.8 Å². The lowest BCUT2D eigenvalue weighted by Gasteiger charge is -2.20. The van der Waals surface area contributed by atoms with Gasteiger partial charge in [-0.2, -0.15) is 4.68 Å². The van der Waals surface area contributed by atoms with Gasteiger partial charge in [0.1, 0.15) is 0 Å². The second-order valence-corrected chi connectivity index (χ2v) is 6.57. The molecule has 1 amide bonds. The zero-order chi connectivity index (χ0) is 18.4. The first-order valence-electron chi connectivity index (χ1n) is 8.13. The van der Waals surface area contributed by atoms with Crippen molar-refractivity contribution in [1.82, 2.24) is 20.2 Å². The topological polar surface area (TPSA) is 63.9 Å². The summed E-state index contributed by atoms with van der Waals surface area (Å²) in [6, 6.07) is 17.4. The van der Waals surface area contributed by atoms with Crippen LogP contribution in [-0.2, 0) is 4.79 Å². The number of para-hydroxylation sites is 1. The van der Waals surface area contributed by atoms with Gasteiger partial charge < -0.3 is 4.90 Å². The molecule has 0 spiro atoms. The molecule has 0 saturated carbocycles. The summed E-state index contributed by atoms with van der Waals surface area (Å²) < 4.78 is 1.64. The number of hydrogen-bond acceptors (Lipinski definition) is 5. The van der Waals surface area contributed by atoms with E-state index in [1.165, 1.54) is 11.8 Å². The molecular weight excluding hydrogens is 346 g/mol. The van der Waals surface area contributed by atoms with Crippen molar-refractivity contribution in [2.45, 2.75) is 12.1 Å². The predicted octanol–water partition coefficient (Wildman–Crippen LogP) is 3.28. The molecule has 0 unspecified atom stereocenters. The van der Waals surface area contributed by atoms with Crippen LogP contribution in [0.25, 0.3) is 5.69 Å². The van der Waals surface area contributed by atoms with E-state index < -0.39 is 0 Å². The lowest BCUT2D eigenvalue weighted by molar-refractivity contribution is -0.116. The summed E-state index contributed by atoms with van der Waals surface area (Å²) in [5.74, 6) is 0.203. The quantitative estimate of drug-likeness (QED) is 0.475. The molecule has 0 aliphatic rings. The summed E-state index contributed by atoms with van der Waals surface area (Å²) in [6.45, 7) is 6.21. The average Bonchev–Trinajstić information content (AvgIpc) is 3.13. The van der Waals surface area contributed by atoms with Gasteiger partial charge in [-0.3, -0.25) is 4.79 Å². The van der Waals surface area contributed by atoms with E-state index in [1.54, 1.807) is 15.7 Å². The van der Waals surface area contributed by atoms with Gasteiger partial charge in [-0.15, -0.1) is 11.7 Å². The maximum Gasteiger partial charge on any atom is 0.237 e. The molecule has 26 heavy (non-hydrogen) atoms. The Hall–Kier alpha value is -2.93. The number of carbonyl (C=O) groups excluding carboxylic acids is 1. The van der Waals surface area contributed by atoms with Crippen LogP contribution in [0.2, 0.25) is 0 Å². The second-order valence-electron chi connectivity index (χ2n) is 5.63. The lowest BCUT2D eigenvalue weighted by Crippen LogP contribution is -2.32. The molecule has 0 saturated heterocycles. The van der Waals surface area contributed by atoms with Gasteiger partial charge in [-0.1, -0.05) is 48.2 Å². The van der Waals surface area contributed by atoms with Crippen molar-refractivity contribution in [3.8, 4) is 5.69 Å². The molecule has 0 aliphatic carbocycles. The summed E-state index contributed by atoms with van der Waals surface area (Å²) in [6.07, 6.45) is 1.71. The Balaban J connectivity index is 1.73. The van der Waals surface area contributed by atoms with Crippen molar-refractivity contribution in [2.75, 3.05) is 17.2 Å². The number of nitrogens with zero attached hydrogens (tertiary/aromatic N) is 5. The molecule has 0 N–H and O–H groups in total. The van der Waals surface area contributed by atoms with Crippen LogP contribution in [0.5, 0.6) is 0 Å². The van der Waals surface area contributed by atoms with Crippen LogP contribution < -0.4 is 4.90 Å². The van der Waals surface area contributed by atoms with Gasteiger partial charge in [-0.25, -0.2) is 0 Å². The summed E-state index contributed by atoms with van der Waals surface area (Å²) in [5.41, 5.74) is 2.83. The van der Waals surface area contributed by atoms with E-state index in [4.69, 9.17) is 0 Å². The zero-order valence-corrected chi connectivity index (χ0v) is 15.3. The maximum atomic E-state index is 12.7. The van der Waals surface area contributed by atoms with Crippen molar-refractivity contribution in [1.29, 1.82) is 0 Å². The molecule has 7 heteroatoms. The minimum Gasteiger partial charge on any atom is -0.308 e. The van der Waals surface area contributed by atoms with Crippen molar-refractivity contribution in [3.05, 3.63) is 72.8 Å². The Morgan fingerprint density at radius 1 is 1.23 bits per heavy atom. The second kappa shape index (κ2) is 8.44. The number of aryl methyl sites for hydroxylation is 1. The number of hydrogen-bond donors (Lipinski definition) is 0. The van der Waals surface area contributed by atoms with Crippen molar-refractivity contribution < 1.29 is 4.79 Å². The van der Waals surface area contributed by atoms with Crippen molar-refractivity contribution in [3.63, 3.8) is 0 Å². The highest BCUT2D eigenvalue weighted by Crippen LogP contribution is 2.21. The van der Waals surface area contributed by atoms with Gasteiger partial charge in [0.15, 0.2) is 0 Å². The number of thioether (sulfide) groups is 1. The molecule has 1 heterocycles. The van der Waals surface area contributed by atoms with Crippen LogP contribution in [0.1, 0.15) is 5.56 Å². The molecular formula is C19H19N5OS. The maximum absolute atomic E-state index is 12.7. The number of aromatic nitrogens is 4. The standard InChI is InChI=1S/C19H19N5OS/c1-3-12-23(16-9-5-4-6-10-16)18(25)14-26-19-20-21-22-24(19)17-11-7-8-15(2)13-17/h3-11,13H,1,12,14H2,2H3. The van der Waals surface area contributed by atoms with Crippen molar-refractivity contribution >= 4 is 23.4 Å². The first-order chi connectivity index (χ1) is 12.7. The Bertz CT molecular complexity index is 894. The Morgan fingerprint density at radius 3 is 2.77 bits per heavy atom. The van der Waals surface area contributed by atoms with E-state index in [1.807, 2.05) is 61.5 Å². The lowest BCUT2D eigenvalue weighted by atomic mass is 10.2. The molecule has 3 aromatic rings. The van der Waals surface area contributed by atoms with Gasteiger partial charge in [0, 0.05) is 12.2 Å². The SMILES string of the molecule is C=CCN(C(=O)CSc1nnnn1-c1cccc(C)c1)c1ccccc1. The molecule has 2 aromatic carbocycles. The summed E-state index contributed by atoms with van der Waals surface area (Å²) in [4.78, 5) is 14.4. The van der Waals surface area contributed by atoms with Gasteiger partial charge in [0.2, 0.25) is 11.1 Å². The fourth-order valence-electron chi connectivity index (χ4n) is 2.48. The minimum atomic E-state index is -0.0279. The molecule has 0 bridgehead atoms. The Kier molecular flexibility index (Phi) is 5.80. The summed E-state index contributed by atoms with van der Waals surface area (Å²) in [5, 5.41) is 12.4. The summed E-state index contributed by atoms with van der Waals surface area (Å²) >= 11 is 1.31. The third-order valence-electron chi connectivity index (χ3n) is 3.69. The molecule has 0 aliphatic heterocycles. The Morgan fingerprint density at radius 2 is 2.04 bits per heavy atom. The van der Waals surface area contributed by atoms with Crippen LogP contribution in [-0.4, -0.2) is 38.4 Å². The van der Waals surface area contributed by atoms with Gasteiger partial charge in [-0.05, 0) is 47.2 Å². The van der Waals surface area contributed by atoms with E-state index in [0.29, 0.717) is 11.7 Å². The fourth-order valence-corrected chi connectivity index (χ4v) is 3.25. The number of benzene rings is 2. The molecule has 3 rings (SSSR count). The molecule has 0 radical (unpaired) electrons. The largest absolute Gasteiger partial charge is 0.308 e. The van der Waals surface area contributed by atoms with Crippen molar-refractivity contribution in [2.24, 2.45) is 0 Å². The average molecular weight is 365 g/mol. The first kappa shape index (κ1) is 17.9. The fraction of sp³-hybridized carbons (Fsp3) is 0.158. The summed E-state index contributed by atoms with van der Waals surface area (Å²) in [7, 11) is 0. The highest BCUT2D eigenvalue weighted by atomic mass is 32.2. The van der Waals surface area contributed by atoms with E-state index >= 15 is 0 Å². The molecule has 0 atom stereocenters. The number of tetrazole rings is 1. The highest BCUT2D eigenvalue weighted by Gasteiger charge is 2.17. The smallest absolute Gasteiger partial charge is 0.237 e. The van der Waals surface area contributed by atoms with Gasteiger partial charge >= 0.3 is 0 Å². The molecule has 0 fully saturated rings. The first-order valence-corrected chi connectivity index (χ1v) is 9.12. The van der Waals surface area contributed by atoms with Crippen LogP contribution in [0.15, 0.2) is 72.4 Å². The van der Waals surface area contributed by atoms with Gasteiger partial charge in [0.05, 0.1) is 11.4 Å². The number of anilines is 1. The van der Waals surface area contributed by atoms with Crippen LogP contribution in [0.3, 0.4) is 0 Å². The van der Waals surface area contributed by atoms with E-state index in [2.05, 4.69) is 22.1 Å². The third kappa shape index (κ3) is 4.18. The molecule has 132 valence electrons. The number of amides is 1. The van der Waals surface area contributed by atoms with E-state index in [0.717, 1.165) is 16.9 Å². The Labute approximate surface area is 156 Å². The predicted molar refractivity (Wildman–Crippen MR) is 104 cm³/mol. The minimum absolute atomic E-state index is 0.0279. The monoisotopic (exact) mass is 365 g/mol. The molecule has 6 nitrogen and oxygen atoms in total. The van der Waals surface area contributed by atoms with E-state index in [9.17, 15) is 4.79 Å². The normalized spacial score (nSPS) is 10.5. The number of rotatable bonds is 7.